The number of aryl methyl sites for hydroxylation is 1. The number of hydrogen-bond donors (Lipinski definition) is 0. The molecule has 0 bridgehead atoms. The molecule has 1 aromatic carbocycles. The normalized spacial score (nSPS) is 11.1. The third kappa shape index (κ3) is 2.16. The van der Waals surface area contributed by atoms with E-state index in [4.69, 9.17) is 0 Å². The topological polar surface area (TPSA) is 64.5 Å². The SMILES string of the molecule is Cc1cc(Cc2ncnc3nccnc23)c2cccnc2c1. The van der Waals surface area contributed by atoms with Crippen molar-refractivity contribution in [2.24, 2.45) is 0 Å². The molecule has 4 rings (SSSR count). The molecule has 0 atom stereocenters. The molecule has 0 fully saturated rings. The summed E-state index contributed by atoms with van der Waals surface area (Å²) in [6.07, 6.45) is 7.36. The highest BCUT2D eigenvalue weighted by Gasteiger charge is 2.10. The van der Waals surface area contributed by atoms with Crippen LogP contribution in [0, 0.1) is 6.92 Å². The molecule has 0 unspecified atom stereocenters. The van der Waals surface area contributed by atoms with Crippen LogP contribution in [0.3, 0.4) is 0 Å². The lowest BCUT2D eigenvalue weighted by atomic mass is 10.0. The minimum absolute atomic E-state index is 0.627. The van der Waals surface area contributed by atoms with E-state index in [2.05, 4.69) is 50.0 Å². The Morgan fingerprint density at radius 2 is 1.82 bits per heavy atom. The van der Waals surface area contributed by atoms with Crippen molar-refractivity contribution < 1.29 is 0 Å². The maximum absolute atomic E-state index is 4.45. The van der Waals surface area contributed by atoms with Crippen LogP contribution in [0.15, 0.2) is 49.2 Å². The van der Waals surface area contributed by atoms with Gasteiger partial charge in [-0.25, -0.2) is 19.9 Å². The molecular formula is C17H13N5. The van der Waals surface area contributed by atoms with Crippen molar-refractivity contribution in [1.82, 2.24) is 24.9 Å². The standard InChI is InChI=1S/C17H13N5/c1-11-7-12(13-3-2-4-18-14(13)8-11)9-15-16-17(22-10-21-15)20-6-5-19-16/h2-8,10H,9H2,1H3. The van der Waals surface area contributed by atoms with Gasteiger partial charge in [0.1, 0.15) is 11.8 Å². The second kappa shape index (κ2) is 5.11. The van der Waals surface area contributed by atoms with E-state index >= 15 is 0 Å². The molecule has 0 aliphatic carbocycles. The first kappa shape index (κ1) is 12.8. The van der Waals surface area contributed by atoms with Crippen LogP contribution < -0.4 is 0 Å². The molecule has 0 N–H and O–H groups in total. The van der Waals surface area contributed by atoms with E-state index in [0.717, 1.165) is 22.1 Å². The summed E-state index contributed by atoms with van der Waals surface area (Å²) in [5.74, 6) is 0. The summed E-state index contributed by atoms with van der Waals surface area (Å²) >= 11 is 0. The van der Waals surface area contributed by atoms with Crippen molar-refractivity contribution in [3.63, 3.8) is 0 Å². The molecule has 22 heavy (non-hydrogen) atoms. The van der Waals surface area contributed by atoms with Crippen LogP contribution in [0.5, 0.6) is 0 Å². The summed E-state index contributed by atoms with van der Waals surface area (Å²) in [4.78, 5) is 21.6. The van der Waals surface area contributed by atoms with Crippen LogP contribution in [0.2, 0.25) is 0 Å². The molecule has 4 aromatic rings. The van der Waals surface area contributed by atoms with Crippen molar-refractivity contribution in [3.05, 3.63) is 66.0 Å². The Bertz CT molecular complexity index is 975. The first-order valence-electron chi connectivity index (χ1n) is 7.06. The molecule has 0 saturated carbocycles. The van der Waals surface area contributed by atoms with Gasteiger partial charge in [-0.05, 0) is 30.2 Å². The first-order valence-corrected chi connectivity index (χ1v) is 7.06. The largest absolute Gasteiger partial charge is 0.256 e. The summed E-state index contributed by atoms with van der Waals surface area (Å²) in [7, 11) is 0. The Morgan fingerprint density at radius 3 is 2.77 bits per heavy atom. The van der Waals surface area contributed by atoms with Gasteiger partial charge in [-0.2, -0.15) is 0 Å². The molecule has 0 aliphatic rings. The summed E-state index contributed by atoms with van der Waals surface area (Å²) in [6.45, 7) is 2.08. The molecule has 0 amide bonds. The lowest BCUT2D eigenvalue weighted by Crippen LogP contribution is -1.99. The highest BCUT2D eigenvalue weighted by Crippen LogP contribution is 2.22. The molecule has 5 heteroatoms. The Morgan fingerprint density at radius 1 is 0.909 bits per heavy atom. The Kier molecular flexibility index (Phi) is 2.96. The monoisotopic (exact) mass is 287 g/mol. The lowest BCUT2D eigenvalue weighted by Gasteiger charge is -2.08. The van der Waals surface area contributed by atoms with Gasteiger partial charge in [0.15, 0.2) is 5.65 Å². The first-order chi connectivity index (χ1) is 10.8. The number of rotatable bonds is 2. The van der Waals surface area contributed by atoms with E-state index in [-0.39, 0.29) is 0 Å². The minimum Gasteiger partial charge on any atom is -0.256 e. The summed E-state index contributed by atoms with van der Waals surface area (Å²) in [5.41, 5.74) is 5.64. The van der Waals surface area contributed by atoms with Gasteiger partial charge in [-0.1, -0.05) is 12.1 Å². The molecule has 0 spiro atoms. The van der Waals surface area contributed by atoms with E-state index < -0.39 is 0 Å². The molecule has 106 valence electrons. The van der Waals surface area contributed by atoms with Crippen LogP contribution in [0.4, 0.5) is 0 Å². The fraction of sp³-hybridized carbons (Fsp3) is 0.118. The van der Waals surface area contributed by atoms with E-state index in [0.29, 0.717) is 12.1 Å². The van der Waals surface area contributed by atoms with Crippen molar-refractivity contribution in [1.29, 1.82) is 0 Å². The van der Waals surface area contributed by atoms with Gasteiger partial charge in [-0.15, -0.1) is 0 Å². The summed E-state index contributed by atoms with van der Waals surface area (Å²) < 4.78 is 0. The van der Waals surface area contributed by atoms with Crippen molar-refractivity contribution >= 4 is 22.1 Å². The molecular weight excluding hydrogens is 274 g/mol. The van der Waals surface area contributed by atoms with Gasteiger partial charge in [-0.3, -0.25) is 4.98 Å². The smallest absolute Gasteiger partial charge is 0.181 e. The Labute approximate surface area is 127 Å². The number of benzene rings is 1. The number of fused-ring (bicyclic) bond motifs is 2. The van der Waals surface area contributed by atoms with Crippen molar-refractivity contribution in [3.8, 4) is 0 Å². The predicted molar refractivity (Wildman–Crippen MR) is 84.4 cm³/mol. The maximum atomic E-state index is 4.45. The van der Waals surface area contributed by atoms with Gasteiger partial charge in [0.2, 0.25) is 0 Å². The van der Waals surface area contributed by atoms with Gasteiger partial charge in [0.05, 0.1) is 11.2 Å². The third-order valence-corrected chi connectivity index (χ3v) is 3.65. The number of aromatic nitrogens is 5. The number of pyridine rings is 1. The fourth-order valence-corrected chi connectivity index (χ4v) is 2.71. The van der Waals surface area contributed by atoms with E-state index in [1.165, 1.54) is 11.1 Å². The fourth-order valence-electron chi connectivity index (χ4n) is 2.71. The molecule has 0 aliphatic heterocycles. The number of hydrogen-bond acceptors (Lipinski definition) is 5. The Hall–Kier alpha value is -2.95. The van der Waals surface area contributed by atoms with Crippen LogP contribution in [-0.2, 0) is 6.42 Å². The van der Waals surface area contributed by atoms with Crippen LogP contribution >= 0.6 is 0 Å². The van der Waals surface area contributed by atoms with Gasteiger partial charge < -0.3 is 0 Å². The zero-order valence-corrected chi connectivity index (χ0v) is 12.1. The molecule has 0 saturated heterocycles. The number of nitrogens with zero attached hydrogens (tertiary/aromatic N) is 5. The molecule has 3 aromatic heterocycles. The summed E-state index contributed by atoms with van der Waals surface area (Å²) in [6, 6.07) is 8.32. The minimum atomic E-state index is 0.627. The van der Waals surface area contributed by atoms with E-state index in [1.54, 1.807) is 18.7 Å². The zero-order valence-electron chi connectivity index (χ0n) is 12.1. The van der Waals surface area contributed by atoms with Gasteiger partial charge in [0, 0.05) is 30.4 Å². The summed E-state index contributed by atoms with van der Waals surface area (Å²) in [5, 5.41) is 1.14. The van der Waals surface area contributed by atoms with Gasteiger partial charge in [0.25, 0.3) is 0 Å². The average molecular weight is 287 g/mol. The van der Waals surface area contributed by atoms with E-state index in [9.17, 15) is 0 Å². The van der Waals surface area contributed by atoms with Crippen molar-refractivity contribution in [2.45, 2.75) is 13.3 Å². The van der Waals surface area contributed by atoms with Crippen LogP contribution in [0.25, 0.3) is 22.1 Å². The quantitative estimate of drug-likeness (QED) is 0.567. The second-order valence-electron chi connectivity index (χ2n) is 5.22. The Balaban J connectivity index is 1.90. The predicted octanol–water partition coefficient (Wildman–Crippen LogP) is 2.87. The van der Waals surface area contributed by atoms with Crippen molar-refractivity contribution in [2.75, 3.05) is 0 Å². The third-order valence-electron chi connectivity index (χ3n) is 3.65. The maximum Gasteiger partial charge on any atom is 0.181 e. The molecule has 0 radical (unpaired) electrons. The zero-order chi connectivity index (χ0) is 14.9. The highest BCUT2D eigenvalue weighted by atomic mass is 14.9. The molecule has 3 heterocycles. The van der Waals surface area contributed by atoms with Crippen LogP contribution in [0.1, 0.15) is 16.8 Å². The van der Waals surface area contributed by atoms with Crippen LogP contribution in [-0.4, -0.2) is 24.9 Å². The highest BCUT2D eigenvalue weighted by molar-refractivity contribution is 5.84. The lowest BCUT2D eigenvalue weighted by molar-refractivity contribution is 1.04. The molecule has 5 nitrogen and oxygen atoms in total. The van der Waals surface area contributed by atoms with E-state index in [1.807, 2.05) is 12.3 Å². The second-order valence-corrected chi connectivity index (χ2v) is 5.22. The average Bonchev–Trinajstić information content (AvgIpc) is 2.55. The van der Waals surface area contributed by atoms with Gasteiger partial charge >= 0.3 is 0 Å².